The third-order valence-corrected chi connectivity index (χ3v) is 3.09. The van der Waals surface area contributed by atoms with Gasteiger partial charge in [0.15, 0.2) is 0 Å². The molecule has 0 nitrogen and oxygen atoms in total. The van der Waals surface area contributed by atoms with E-state index in [0.29, 0.717) is 5.41 Å². The normalized spacial score (nSPS) is 11.6. The van der Waals surface area contributed by atoms with Gasteiger partial charge in [0.05, 0.1) is 0 Å². The molecule has 0 spiro atoms. The molecular weight excluding hydrogens is 175 g/mol. The molecule has 0 radical (unpaired) electrons. The van der Waals surface area contributed by atoms with Gasteiger partial charge >= 0.3 is 0 Å². The maximum Gasteiger partial charge on any atom is 0.139 e. The Labute approximate surface area is 87.6 Å². The Bertz CT molecular complexity index is 264. The molecule has 0 saturated heterocycles. The van der Waals surface area contributed by atoms with Crippen LogP contribution in [0, 0.1) is 5.41 Å². The minimum absolute atomic E-state index is 0.304. The lowest BCUT2D eigenvalue weighted by Gasteiger charge is -2.21. The molecule has 1 rings (SSSR count). The van der Waals surface area contributed by atoms with E-state index in [9.17, 15) is 0 Å². The number of rotatable bonds is 3. The minimum atomic E-state index is 0.304. The summed E-state index contributed by atoms with van der Waals surface area (Å²) in [5, 5.41) is 0. The average molecular weight is 192 g/mol. The molecule has 0 aromatic heterocycles. The Hall–Kier alpha value is -0.365. The van der Waals surface area contributed by atoms with Gasteiger partial charge < -0.3 is 0 Å². The molecule has 1 aromatic carbocycles. The van der Waals surface area contributed by atoms with Crippen LogP contribution < -0.4 is 5.46 Å². The van der Waals surface area contributed by atoms with Gasteiger partial charge in [-0.2, -0.15) is 12.6 Å². The lowest BCUT2D eigenvalue weighted by atomic mass is 9.86. The third-order valence-electron chi connectivity index (χ3n) is 2.23. The second-order valence-corrected chi connectivity index (χ2v) is 4.80. The molecule has 0 aliphatic carbocycles. The summed E-state index contributed by atoms with van der Waals surface area (Å²) in [6.07, 6.45) is 1.11. The fraction of sp³-hybridized carbons (Fsp3) is 0.455. The summed E-state index contributed by atoms with van der Waals surface area (Å²) in [6.45, 7) is 4.50. The van der Waals surface area contributed by atoms with E-state index >= 15 is 0 Å². The fourth-order valence-corrected chi connectivity index (χ4v) is 1.43. The molecule has 2 heteroatoms. The second kappa shape index (κ2) is 4.23. The fourth-order valence-electron chi connectivity index (χ4n) is 1.31. The zero-order valence-corrected chi connectivity index (χ0v) is 9.57. The van der Waals surface area contributed by atoms with E-state index in [1.165, 1.54) is 11.0 Å². The van der Waals surface area contributed by atoms with Gasteiger partial charge in [-0.05, 0) is 23.2 Å². The summed E-state index contributed by atoms with van der Waals surface area (Å²) in [5.41, 5.74) is 3.04. The molecule has 0 fully saturated rings. The summed E-state index contributed by atoms with van der Waals surface area (Å²) in [7, 11) is 2.12. The number of hydrogen-bond donors (Lipinski definition) is 1. The second-order valence-electron chi connectivity index (χ2n) is 4.48. The van der Waals surface area contributed by atoms with Crippen molar-refractivity contribution in [2.75, 3.05) is 5.75 Å². The Morgan fingerprint density at radius 2 is 1.77 bits per heavy atom. The lowest BCUT2D eigenvalue weighted by molar-refractivity contribution is 0.423. The molecular formula is C11H17BS. The van der Waals surface area contributed by atoms with Crippen molar-refractivity contribution in [2.24, 2.45) is 5.41 Å². The van der Waals surface area contributed by atoms with Crippen molar-refractivity contribution in [1.29, 1.82) is 0 Å². The van der Waals surface area contributed by atoms with Crippen molar-refractivity contribution in [1.82, 2.24) is 0 Å². The third kappa shape index (κ3) is 3.47. The van der Waals surface area contributed by atoms with Gasteiger partial charge in [0.2, 0.25) is 0 Å². The van der Waals surface area contributed by atoms with Gasteiger partial charge in [-0.25, -0.2) is 0 Å². The Morgan fingerprint density at radius 1 is 1.23 bits per heavy atom. The molecule has 1 aromatic rings. The zero-order chi connectivity index (χ0) is 9.90. The molecule has 0 amide bonds. The van der Waals surface area contributed by atoms with Crippen LogP contribution in [0.15, 0.2) is 24.3 Å². The molecule has 0 unspecified atom stereocenters. The first-order valence-electron chi connectivity index (χ1n) is 4.70. The summed E-state index contributed by atoms with van der Waals surface area (Å²) in [6, 6.07) is 8.76. The van der Waals surface area contributed by atoms with Gasteiger partial charge in [-0.15, -0.1) is 0 Å². The lowest BCUT2D eigenvalue weighted by Crippen LogP contribution is -2.17. The van der Waals surface area contributed by atoms with Gasteiger partial charge in [0.25, 0.3) is 0 Å². The number of hydrogen-bond acceptors (Lipinski definition) is 1. The van der Waals surface area contributed by atoms with Crippen molar-refractivity contribution < 1.29 is 0 Å². The monoisotopic (exact) mass is 192 g/mol. The van der Waals surface area contributed by atoms with Gasteiger partial charge in [-0.3, -0.25) is 0 Å². The minimum Gasteiger partial charge on any atom is -0.179 e. The smallest absolute Gasteiger partial charge is 0.139 e. The van der Waals surface area contributed by atoms with E-state index in [2.05, 4.69) is 58.6 Å². The van der Waals surface area contributed by atoms with Gasteiger partial charge in [0.1, 0.15) is 7.85 Å². The van der Waals surface area contributed by atoms with Crippen LogP contribution in [0.2, 0.25) is 0 Å². The molecule has 70 valence electrons. The highest BCUT2D eigenvalue weighted by atomic mass is 32.1. The van der Waals surface area contributed by atoms with E-state index in [4.69, 9.17) is 0 Å². The topological polar surface area (TPSA) is 0 Å². The largest absolute Gasteiger partial charge is 0.179 e. The standard InChI is InChI=1S/C11H17BS/c1-11(2,8-13)7-9-3-5-10(12)6-4-9/h3-6,13H,7-8,12H2,1-2H3. The van der Waals surface area contributed by atoms with Crippen molar-refractivity contribution in [3.8, 4) is 0 Å². The average Bonchev–Trinajstić information content (AvgIpc) is 2.09. The first-order valence-corrected chi connectivity index (χ1v) is 5.33. The van der Waals surface area contributed by atoms with Crippen LogP contribution in [0.3, 0.4) is 0 Å². The maximum atomic E-state index is 4.35. The van der Waals surface area contributed by atoms with Gasteiger partial charge in [0, 0.05) is 0 Å². The highest BCUT2D eigenvalue weighted by molar-refractivity contribution is 7.80. The van der Waals surface area contributed by atoms with E-state index in [-0.39, 0.29) is 0 Å². The highest BCUT2D eigenvalue weighted by Crippen LogP contribution is 2.22. The Balaban J connectivity index is 2.69. The van der Waals surface area contributed by atoms with Crippen LogP contribution in [0.4, 0.5) is 0 Å². The summed E-state index contributed by atoms with van der Waals surface area (Å²) in [4.78, 5) is 0. The zero-order valence-electron chi connectivity index (χ0n) is 8.67. The Morgan fingerprint density at radius 3 is 2.23 bits per heavy atom. The van der Waals surface area contributed by atoms with Crippen LogP contribution in [-0.2, 0) is 6.42 Å². The van der Waals surface area contributed by atoms with Crippen LogP contribution in [0.1, 0.15) is 19.4 Å². The molecule has 0 atom stereocenters. The van der Waals surface area contributed by atoms with Crippen LogP contribution in [0.25, 0.3) is 0 Å². The highest BCUT2D eigenvalue weighted by Gasteiger charge is 2.15. The molecule has 13 heavy (non-hydrogen) atoms. The SMILES string of the molecule is Bc1ccc(CC(C)(C)CS)cc1. The van der Waals surface area contributed by atoms with Crippen molar-refractivity contribution in [3.05, 3.63) is 29.8 Å². The van der Waals surface area contributed by atoms with E-state index in [1.54, 1.807) is 0 Å². The summed E-state index contributed by atoms with van der Waals surface area (Å²) < 4.78 is 0. The maximum absolute atomic E-state index is 4.35. The van der Waals surface area contributed by atoms with Crippen molar-refractivity contribution in [2.45, 2.75) is 20.3 Å². The quantitative estimate of drug-likeness (QED) is 0.543. The van der Waals surface area contributed by atoms with Crippen LogP contribution >= 0.6 is 12.6 Å². The van der Waals surface area contributed by atoms with Crippen molar-refractivity contribution >= 4 is 25.9 Å². The molecule has 0 saturated carbocycles. The van der Waals surface area contributed by atoms with Crippen LogP contribution in [-0.4, -0.2) is 13.6 Å². The number of thiol groups is 1. The van der Waals surface area contributed by atoms with Crippen molar-refractivity contribution in [3.63, 3.8) is 0 Å². The molecule has 0 N–H and O–H groups in total. The first-order chi connectivity index (χ1) is 6.03. The summed E-state index contributed by atoms with van der Waals surface area (Å²) in [5.74, 6) is 0.931. The Kier molecular flexibility index (Phi) is 3.49. The molecule has 0 aliphatic heterocycles. The molecule has 0 aliphatic rings. The van der Waals surface area contributed by atoms with E-state index in [1.807, 2.05) is 0 Å². The van der Waals surface area contributed by atoms with E-state index in [0.717, 1.165) is 12.2 Å². The molecule has 0 heterocycles. The predicted molar refractivity (Wildman–Crippen MR) is 66.0 cm³/mol. The van der Waals surface area contributed by atoms with E-state index < -0.39 is 0 Å². The predicted octanol–water partition coefficient (Wildman–Crippen LogP) is 1.44. The first kappa shape index (κ1) is 10.7. The van der Waals surface area contributed by atoms with Gasteiger partial charge in [-0.1, -0.05) is 43.6 Å². The number of benzene rings is 1. The molecule has 0 bridgehead atoms. The van der Waals surface area contributed by atoms with Crippen LogP contribution in [0.5, 0.6) is 0 Å². The summed E-state index contributed by atoms with van der Waals surface area (Å²) >= 11 is 4.35.